The van der Waals surface area contributed by atoms with Crippen LogP contribution in [0, 0.1) is 11.8 Å². The van der Waals surface area contributed by atoms with Gasteiger partial charge in [-0.2, -0.15) is 13.2 Å². The van der Waals surface area contributed by atoms with Crippen LogP contribution in [0.1, 0.15) is 62.1 Å². The van der Waals surface area contributed by atoms with Crippen LogP contribution in [-0.2, 0) is 6.18 Å². The Morgan fingerprint density at radius 2 is 1.90 bits per heavy atom. The smallest absolute Gasteiger partial charge is 0.416 e. The lowest BCUT2D eigenvalue weighted by Gasteiger charge is -2.36. The van der Waals surface area contributed by atoms with Crippen molar-refractivity contribution in [2.75, 3.05) is 24.5 Å². The van der Waals surface area contributed by atoms with E-state index in [1.54, 1.807) is 0 Å². The van der Waals surface area contributed by atoms with Crippen molar-refractivity contribution in [1.29, 1.82) is 0 Å². The molecule has 1 aromatic carbocycles. The fourth-order valence-corrected chi connectivity index (χ4v) is 4.94. The van der Waals surface area contributed by atoms with Crippen molar-refractivity contribution in [3.05, 3.63) is 29.5 Å². The average Bonchev–Trinajstić information content (AvgIpc) is 3.00. The first kappa shape index (κ1) is 22.0. The van der Waals surface area contributed by atoms with Gasteiger partial charge in [-0.1, -0.05) is 12.8 Å². The SMILES string of the molecule is CC(C)(O)C1CCC(CCN2CCNC(=O)c3oc4ccc(C(F)(F)F)cc4c32)CC1. The molecular formula is C23H29F3N2O3. The number of hydrogen-bond donors (Lipinski definition) is 2. The number of carbonyl (C=O) groups excluding carboxylic acids is 1. The van der Waals surface area contributed by atoms with E-state index in [1.165, 1.54) is 6.07 Å². The van der Waals surface area contributed by atoms with Crippen molar-refractivity contribution in [1.82, 2.24) is 5.32 Å². The lowest BCUT2D eigenvalue weighted by Crippen LogP contribution is -2.35. The third-order valence-electron chi connectivity index (χ3n) is 6.83. The van der Waals surface area contributed by atoms with Crippen LogP contribution in [-0.4, -0.2) is 36.2 Å². The Bertz CT molecular complexity index is 953. The van der Waals surface area contributed by atoms with Crippen LogP contribution in [0.4, 0.5) is 18.9 Å². The van der Waals surface area contributed by atoms with Gasteiger partial charge in [0.25, 0.3) is 5.91 Å². The number of furan rings is 1. The zero-order valence-corrected chi connectivity index (χ0v) is 17.9. The molecule has 31 heavy (non-hydrogen) atoms. The fraction of sp³-hybridized carbons (Fsp3) is 0.609. The van der Waals surface area contributed by atoms with E-state index in [0.717, 1.165) is 44.2 Å². The predicted molar refractivity (Wildman–Crippen MR) is 112 cm³/mol. The maximum atomic E-state index is 13.3. The van der Waals surface area contributed by atoms with Crippen molar-refractivity contribution < 1.29 is 27.5 Å². The average molecular weight is 438 g/mol. The number of halogens is 3. The molecule has 5 nitrogen and oxygen atoms in total. The number of aliphatic hydroxyl groups is 1. The number of amides is 1. The summed E-state index contributed by atoms with van der Waals surface area (Å²) in [5, 5.41) is 13.3. The molecule has 2 heterocycles. The van der Waals surface area contributed by atoms with E-state index in [1.807, 2.05) is 18.7 Å². The molecule has 4 rings (SSSR count). The molecule has 170 valence electrons. The molecule has 1 fully saturated rings. The Kier molecular flexibility index (Phi) is 5.70. The summed E-state index contributed by atoms with van der Waals surface area (Å²) in [5.74, 6) is 0.484. The molecule has 0 bridgehead atoms. The summed E-state index contributed by atoms with van der Waals surface area (Å²) in [5.41, 5.74) is -0.673. The van der Waals surface area contributed by atoms with Gasteiger partial charge in [-0.3, -0.25) is 4.79 Å². The molecule has 0 saturated heterocycles. The zero-order chi connectivity index (χ0) is 22.4. The highest BCUT2D eigenvalue weighted by molar-refractivity contribution is 6.07. The number of hydrogen-bond acceptors (Lipinski definition) is 4. The third-order valence-corrected chi connectivity index (χ3v) is 6.83. The minimum absolute atomic E-state index is 0.0811. The minimum atomic E-state index is -4.46. The summed E-state index contributed by atoms with van der Waals surface area (Å²) >= 11 is 0. The number of nitrogens with one attached hydrogen (secondary N) is 1. The number of benzene rings is 1. The molecule has 2 N–H and O–H groups in total. The largest absolute Gasteiger partial charge is 0.449 e. The molecule has 1 saturated carbocycles. The molecular weight excluding hydrogens is 409 g/mol. The Labute approximate surface area is 179 Å². The Hall–Kier alpha value is -2.22. The molecule has 0 radical (unpaired) electrons. The van der Waals surface area contributed by atoms with Crippen LogP contribution in [0.2, 0.25) is 0 Å². The second-order valence-corrected chi connectivity index (χ2v) is 9.39. The molecule has 2 aliphatic rings. The molecule has 8 heteroatoms. The summed E-state index contributed by atoms with van der Waals surface area (Å²) in [4.78, 5) is 14.4. The molecule has 0 spiro atoms. The first-order valence-corrected chi connectivity index (χ1v) is 10.9. The monoisotopic (exact) mass is 438 g/mol. The molecule has 1 aromatic heterocycles. The summed E-state index contributed by atoms with van der Waals surface area (Å²) in [6.45, 7) is 5.29. The lowest BCUT2D eigenvalue weighted by molar-refractivity contribution is -0.137. The van der Waals surface area contributed by atoms with Crippen LogP contribution in [0.15, 0.2) is 22.6 Å². The fourth-order valence-electron chi connectivity index (χ4n) is 4.94. The van der Waals surface area contributed by atoms with E-state index in [9.17, 15) is 23.1 Å². The predicted octanol–water partition coefficient (Wildman–Crippen LogP) is 4.97. The number of carbonyl (C=O) groups is 1. The first-order valence-electron chi connectivity index (χ1n) is 10.9. The summed E-state index contributed by atoms with van der Waals surface area (Å²) in [7, 11) is 0. The van der Waals surface area contributed by atoms with Gasteiger partial charge in [-0.25, -0.2) is 0 Å². The van der Waals surface area contributed by atoms with E-state index in [-0.39, 0.29) is 11.3 Å². The Balaban J connectivity index is 1.56. The van der Waals surface area contributed by atoms with Crippen molar-refractivity contribution in [3.8, 4) is 0 Å². The summed E-state index contributed by atoms with van der Waals surface area (Å²) < 4.78 is 45.5. The number of nitrogens with zero attached hydrogens (tertiary/aromatic N) is 1. The van der Waals surface area contributed by atoms with Crippen LogP contribution < -0.4 is 10.2 Å². The second kappa shape index (κ2) is 8.04. The standard InChI is InChI=1S/C23H29F3N2O3/c1-22(2,30)15-5-3-14(4-6-15)9-11-28-12-10-27-21(29)20-19(28)17-13-16(23(24,25)26)7-8-18(17)31-20/h7-8,13-15,30H,3-6,9-12H2,1-2H3,(H,27,29). The highest BCUT2D eigenvalue weighted by Crippen LogP contribution is 2.40. The Morgan fingerprint density at radius 3 is 2.55 bits per heavy atom. The molecule has 1 aliphatic heterocycles. The van der Waals surface area contributed by atoms with Crippen molar-refractivity contribution in [2.24, 2.45) is 11.8 Å². The van der Waals surface area contributed by atoms with Crippen molar-refractivity contribution >= 4 is 22.6 Å². The highest BCUT2D eigenvalue weighted by atomic mass is 19.4. The number of anilines is 1. The Morgan fingerprint density at radius 1 is 1.19 bits per heavy atom. The molecule has 1 amide bonds. The normalized spacial score (nSPS) is 22.9. The zero-order valence-electron chi connectivity index (χ0n) is 17.9. The highest BCUT2D eigenvalue weighted by Gasteiger charge is 2.35. The van der Waals surface area contributed by atoms with Gasteiger partial charge in [0, 0.05) is 25.0 Å². The van der Waals surface area contributed by atoms with Gasteiger partial charge >= 0.3 is 6.18 Å². The summed E-state index contributed by atoms with van der Waals surface area (Å²) in [6.07, 6.45) is 0.424. The maximum Gasteiger partial charge on any atom is 0.416 e. The van der Waals surface area contributed by atoms with Crippen molar-refractivity contribution in [3.63, 3.8) is 0 Å². The first-order chi connectivity index (χ1) is 14.5. The van der Waals surface area contributed by atoms with E-state index >= 15 is 0 Å². The third kappa shape index (κ3) is 4.54. The van der Waals surface area contributed by atoms with Crippen LogP contribution in [0.5, 0.6) is 0 Å². The molecule has 0 atom stereocenters. The van der Waals surface area contributed by atoms with Crippen LogP contribution >= 0.6 is 0 Å². The van der Waals surface area contributed by atoms with Crippen molar-refractivity contribution in [2.45, 2.75) is 57.7 Å². The maximum absolute atomic E-state index is 13.3. The topological polar surface area (TPSA) is 65.7 Å². The van der Waals surface area contributed by atoms with E-state index in [4.69, 9.17) is 4.42 Å². The number of alkyl halides is 3. The lowest BCUT2D eigenvalue weighted by atomic mass is 9.74. The molecule has 1 aliphatic carbocycles. The van der Waals surface area contributed by atoms with E-state index in [0.29, 0.717) is 42.5 Å². The van der Waals surface area contributed by atoms with Gasteiger partial charge in [0.1, 0.15) is 5.58 Å². The minimum Gasteiger partial charge on any atom is -0.449 e. The second-order valence-electron chi connectivity index (χ2n) is 9.39. The summed E-state index contributed by atoms with van der Waals surface area (Å²) in [6, 6.07) is 3.35. The quantitative estimate of drug-likeness (QED) is 0.708. The van der Waals surface area contributed by atoms with Gasteiger partial charge in [0.2, 0.25) is 5.76 Å². The van der Waals surface area contributed by atoms with Gasteiger partial charge in [-0.15, -0.1) is 0 Å². The van der Waals surface area contributed by atoms with Gasteiger partial charge in [0.15, 0.2) is 0 Å². The van der Waals surface area contributed by atoms with E-state index < -0.39 is 23.2 Å². The molecule has 0 unspecified atom stereocenters. The number of fused-ring (bicyclic) bond motifs is 3. The molecule has 2 aromatic rings. The van der Waals surface area contributed by atoms with Gasteiger partial charge < -0.3 is 19.7 Å². The van der Waals surface area contributed by atoms with Crippen LogP contribution in [0.25, 0.3) is 11.0 Å². The van der Waals surface area contributed by atoms with E-state index in [2.05, 4.69) is 5.32 Å². The van der Waals surface area contributed by atoms with Gasteiger partial charge in [-0.05, 0) is 63.1 Å². The van der Waals surface area contributed by atoms with Gasteiger partial charge in [0.05, 0.1) is 16.9 Å². The number of rotatable bonds is 4. The van der Waals surface area contributed by atoms with Crippen LogP contribution in [0.3, 0.4) is 0 Å².